The van der Waals surface area contributed by atoms with Crippen molar-refractivity contribution in [2.75, 3.05) is 54.1 Å². The molecule has 192 valence electrons. The number of methoxy groups -OCH3 is 3. The second-order valence-electron chi connectivity index (χ2n) is 10.1. The van der Waals surface area contributed by atoms with Crippen LogP contribution in [0.1, 0.15) is 64.0 Å². The third-order valence-corrected chi connectivity index (χ3v) is 7.46. The predicted octanol–water partition coefficient (Wildman–Crippen LogP) is 4.71. The summed E-state index contributed by atoms with van der Waals surface area (Å²) in [7, 11) is 4.99. The molecule has 2 heterocycles. The molecule has 3 atom stereocenters. The first-order valence-corrected chi connectivity index (χ1v) is 13.0. The number of carbonyl (C=O) groups is 1. The molecule has 2 aliphatic heterocycles. The van der Waals surface area contributed by atoms with E-state index in [9.17, 15) is 4.79 Å². The van der Waals surface area contributed by atoms with Crippen LogP contribution in [0, 0.1) is 11.8 Å². The van der Waals surface area contributed by atoms with Gasteiger partial charge in [-0.2, -0.15) is 0 Å². The van der Waals surface area contributed by atoms with E-state index < -0.39 is 0 Å². The van der Waals surface area contributed by atoms with Gasteiger partial charge in [-0.05, 0) is 74.7 Å². The van der Waals surface area contributed by atoms with Crippen LogP contribution in [0.25, 0.3) is 0 Å². The van der Waals surface area contributed by atoms with Crippen molar-refractivity contribution in [1.29, 1.82) is 0 Å². The van der Waals surface area contributed by atoms with Crippen molar-refractivity contribution in [3.05, 3.63) is 23.8 Å². The van der Waals surface area contributed by atoms with Crippen LogP contribution >= 0.6 is 0 Å². The zero-order valence-electron chi connectivity index (χ0n) is 21.8. The van der Waals surface area contributed by atoms with E-state index in [2.05, 4.69) is 24.1 Å². The first-order chi connectivity index (χ1) is 16.5. The van der Waals surface area contributed by atoms with Crippen LogP contribution < -0.4 is 14.8 Å². The molecule has 0 saturated carbocycles. The number of urea groups is 1. The van der Waals surface area contributed by atoms with Crippen LogP contribution in [-0.4, -0.2) is 76.0 Å². The number of ether oxygens (including phenoxy) is 3. The van der Waals surface area contributed by atoms with Crippen LogP contribution in [0.5, 0.6) is 11.5 Å². The smallest absolute Gasteiger partial charge is 0.317 e. The van der Waals surface area contributed by atoms with Gasteiger partial charge in [0.25, 0.3) is 0 Å². The number of nitrogens with zero attached hydrogens (tertiary/aromatic N) is 2. The second kappa shape index (κ2) is 13.2. The van der Waals surface area contributed by atoms with Crippen molar-refractivity contribution in [2.24, 2.45) is 11.8 Å². The second-order valence-corrected chi connectivity index (χ2v) is 10.1. The zero-order valence-corrected chi connectivity index (χ0v) is 21.8. The van der Waals surface area contributed by atoms with Gasteiger partial charge in [0.2, 0.25) is 0 Å². The summed E-state index contributed by atoms with van der Waals surface area (Å²) in [5.41, 5.74) is 1.02. The van der Waals surface area contributed by atoms with E-state index in [0.29, 0.717) is 36.6 Å². The van der Waals surface area contributed by atoms with Crippen LogP contribution in [-0.2, 0) is 4.74 Å². The van der Waals surface area contributed by atoms with E-state index in [-0.39, 0.29) is 18.0 Å². The van der Waals surface area contributed by atoms with E-state index in [1.807, 2.05) is 23.1 Å². The number of hydrogen-bond donors (Lipinski definition) is 1. The lowest BCUT2D eigenvalue weighted by Gasteiger charge is -2.45. The Balaban J connectivity index is 1.75. The number of hydrogen-bond acceptors (Lipinski definition) is 5. The summed E-state index contributed by atoms with van der Waals surface area (Å²) in [5, 5.41) is 3.35. The summed E-state index contributed by atoms with van der Waals surface area (Å²) >= 11 is 0. The van der Waals surface area contributed by atoms with Crippen LogP contribution in [0.3, 0.4) is 0 Å². The van der Waals surface area contributed by atoms with Gasteiger partial charge in [0.15, 0.2) is 11.5 Å². The summed E-state index contributed by atoms with van der Waals surface area (Å²) in [6, 6.07) is 6.41. The summed E-state index contributed by atoms with van der Waals surface area (Å²) in [6.07, 6.45) is 7.16. The molecule has 2 fully saturated rings. The van der Waals surface area contributed by atoms with Crippen LogP contribution in [0.2, 0.25) is 0 Å². The maximum Gasteiger partial charge on any atom is 0.317 e. The fourth-order valence-electron chi connectivity index (χ4n) is 5.65. The Kier molecular flexibility index (Phi) is 10.3. The Labute approximate surface area is 206 Å². The third kappa shape index (κ3) is 6.79. The topological polar surface area (TPSA) is 63.3 Å². The van der Waals surface area contributed by atoms with E-state index in [1.54, 1.807) is 21.3 Å². The molecule has 0 aliphatic carbocycles. The molecule has 2 amide bonds. The van der Waals surface area contributed by atoms with Crippen molar-refractivity contribution in [3.8, 4) is 11.5 Å². The van der Waals surface area contributed by atoms with Crippen molar-refractivity contribution >= 4 is 6.03 Å². The highest BCUT2D eigenvalue weighted by molar-refractivity contribution is 5.75. The minimum Gasteiger partial charge on any atom is -0.493 e. The molecule has 0 spiro atoms. The molecular weight excluding hydrogens is 430 g/mol. The number of nitrogens with one attached hydrogen (secondary N) is 1. The third-order valence-electron chi connectivity index (χ3n) is 7.46. The van der Waals surface area contributed by atoms with Crippen molar-refractivity contribution in [3.63, 3.8) is 0 Å². The molecule has 0 radical (unpaired) electrons. The lowest BCUT2D eigenvalue weighted by Crippen LogP contribution is -2.53. The van der Waals surface area contributed by atoms with E-state index in [1.165, 1.54) is 45.2 Å². The molecule has 2 aliphatic rings. The summed E-state index contributed by atoms with van der Waals surface area (Å²) in [6.45, 7) is 8.88. The first-order valence-electron chi connectivity index (χ1n) is 13.0. The van der Waals surface area contributed by atoms with Gasteiger partial charge in [-0.3, -0.25) is 0 Å². The van der Waals surface area contributed by atoms with Gasteiger partial charge in [0.05, 0.1) is 20.3 Å². The minimum atomic E-state index is -0.116. The van der Waals surface area contributed by atoms with Crippen molar-refractivity contribution < 1.29 is 19.0 Å². The Morgan fingerprint density at radius 2 is 1.85 bits per heavy atom. The van der Waals surface area contributed by atoms with E-state index in [0.717, 1.165) is 18.5 Å². The molecule has 34 heavy (non-hydrogen) atoms. The summed E-state index contributed by atoms with van der Waals surface area (Å²) < 4.78 is 16.2. The number of fused-ring (bicyclic) bond motifs is 1. The largest absolute Gasteiger partial charge is 0.493 e. The molecule has 1 N–H and O–H groups in total. The lowest BCUT2D eigenvalue weighted by molar-refractivity contribution is 0.0442. The average molecular weight is 476 g/mol. The van der Waals surface area contributed by atoms with Gasteiger partial charge in [-0.1, -0.05) is 26.3 Å². The molecule has 1 aromatic carbocycles. The number of piperidine rings is 2. The van der Waals surface area contributed by atoms with Gasteiger partial charge in [0, 0.05) is 32.8 Å². The highest BCUT2D eigenvalue weighted by Gasteiger charge is 2.35. The maximum absolute atomic E-state index is 13.6. The first kappa shape index (κ1) is 26.6. The predicted molar refractivity (Wildman–Crippen MR) is 136 cm³/mol. The SMILES string of the molecule is COCCCN(C[C@@H]1CCCN2CCCC[C@H]12)C(=O)N[C@@H](c1ccc(OC)c(OC)c1)C(C)C. The highest BCUT2D eigenvalue weighted by atomic mass is 16.5. The van der Waals surface area contributed by atoms with E-state index >= 15 is 0 Å². The average Bonchev–Trinajstić information content (AvgIpc) is 2.86. The fourth-order valence-corrected chi connectivity index (χ4v) is 5.65. The Bertz CT molecular complexity index is 770. The van der Waals surface area contributed by atoms with Gasteiger partial charge >= 0.3 is 6.03 Å². The number of amides is 2. The molecular formula is C27H45N3O4. The molecule has 1 aromatic rings. The molecule has 0 aromatic heterocycles. The molecule has 3 rings (SSSR count). The van der Waals surface area contributed by atoms with Crippen LogP contribution in [0.15, 0.2) is 18.2 Å². The Hall–Kier alpha value is -1.99. The van der Waals surface area contributed by atoms with E-state index in [4.69, 9.17) is 14.2 Å². The summed E-state index contributed by atoms with van der Waals surface area (Å²) in [4.78, 5) is 18.4. The van der Waals surface area contributed by atoms with Crippen LogP contribution in [0.4, 0.5) is 4.79 Å². The van der Waals surface area contributed by atoms with Gasteiger partial charge in [-0.25, -0.2) is 4.79 Å². The van der Waals surface area contributed by atoms with Gasteiger partial charge in [0.1, 0.15) is 0 Å². The standard InChI is InChI=1S/C27H45N3O4/c1-20(2)26(21-12-13-24(33-4)25(18-21)34-5)28-27(31)30(16-9-17-32-3)19-22-10-8-15-29-14-7-6-11-23(22)29/h12-13,18,20,22-23,26H,6-11,14-17,19H2,1-5H3,(H,28,31)/t22-,23+,26+/m0/s1. The molecule has 7 heteroatoms. The monoisotopic (exact) mass is 475 g/mol. The molecule has 2 saturated heterocycles. The normalized spacial score (nSPS) is 21.6. The van der Waals surface area contributed by atoms with Gasteiger partial charge in [-0.15, -0.1) is 0 Å². The highest BCUT2D eigenvalue weighted by Crippen LogP contribution is 2.33. The van der Waals surface area contributed by atoms with Gasteiger partial charge < -0.3 is 29.3 Å². The minimum absolute atomic E-state index is 0.0116. The number of carbonyl (C=O) groups excluding carboxylic acids is 1. The Morgan fingerprint density at radius 1 is 1.09 bits per heavy atom. The Morgan fingerprint density at radius 3 is 2.56 bits per heavy atom. The quantitative estimate of drug-likeness (QED) is 0.470. The molecule has 7 nitrogen and oxygen atoms in total. The maximum atomic E-state index is 13.6. The number of benzene rings is 1. The number of rotatable bonds is 11. The summed E-state index contributed by atoms with van der Waals surface area (Å²) in [5.74, 6) is 2.14. The lowest BCUT2D eigenvalue weighted by atomic mass is 9.83. The molecule has 0 unspecified atom stereocenters. The zero-order chi connectivity index (χ0) is 24.5. The van der Waals surface area contributed by atoms with Crippen molar-refractivity contribution in [1.82, 2.24) is 15.1 Å². The van der Waals surface area contributed by atoms with Crippen molar-refractivity contribution in [2.45, 2.75) is 64.5 Å². The fraction of sp³-hybridized carbons (Fsp3) is 0.741. The molecule has 0 bridgehead atoms.